The smallest absolute Gasteiger partial charge is 0.293 e. The predicted octanol–water partition coefficient (Wildman–Crippen LogP) is 1.19. The minimum absolute atomic E-state index is 0.410. The number of nitrogens with one attached hydrogen (secondary N) is 2. The summed E-state index contributed by atoms with van der Waals surface area (Å²) in [5, 5.41) is 7.10. The van der Waals surface area contributed by atoms with Crippen LogP contribution in [0, 0.1) is 0 Å². The monoisotopic (exact) mass is 335 g/mol. The molecule has 7 nitrogen and oxygen atoms in total. The van der Waals surface area contributed by atoms with Crippen LogP contribution in [0.2, 0.25) is 0 Å². The molecular formula is C15H21N5O2S. The number of aromatic nitrogens is 2. The molecule has 0 unspecified atom stereocenters. The van der Waals surface area contributed by atoms with Gasteiger partial charge in [0.1, 0.15) is 0 Å². The van der Waals surface area contributed by atoms with E-state index >= 15 is 0 Å². The van der Waals surface area contributed by atoms with E-state index < -0.39 is 10.2 Å². The maximum Gasteiger partial charge on any atom is 0.302 e. The van der Waals surface area contributed by atoms with Crippen LogP contribution in [0.3, 0.4) is 0 Å². The predicted molar refractivity (Wildman–Crippen MR) is 89.1 cm³/mol. The Labute approximate surface area is 136 Å². The fourth-order valence-corrected chi connectivity index (χ4v) is 3.24. The molecule has 1 aliphatic heterocycles. The van der Waals surface area contributed by atoms with Crippen LogP contribution >= 0.6 is 0 Å². The fourth-order valence-electron chi connectivity index (χ4n) is 2.65. The highest BCUT2D eigenvalue weighted by Crippen LogP contribution is 2.25. The topological polar surface area (TPSA) is 81.3 Å². The fraction of sp³-hybridized carbons (Fsp3) is 0.400. The van der Waals surface area contributed by atoms with Crippen LogP contribution in [0.1, 0.15) is 16.8 Å². The lowest BCUT2D eigenvalue weighted by Crippen LogP contribution is -2.32. The van der Waals surface area contributed by atoms with Gasteiger partial charge in [0, 0.05) is 39.3 Å². The first-order chi connectivity index (χ1) is 11.0. The van der Waals surface area contributed by atoms with E-state index in [0.29, 0.717) is 5.82 Å². The number of fused-ring (bicyclic) bond motifs is 1. The Bertz CT molecular complexity index is 770. The quantitative estimate of drug-likeness (QED) is 0.860. The van der Waals surface area contributed by atoms with Gasteiger partial charge in [-0.05, 0) is 12.0 Å². The van der Waals surface area contributed by atoms with Crippen molar-refractivity contribution in [3.8, 4) is 0 Å². The number of rotatable bonds is 5. The molecule has 3 rings (SSSR count). The van der Waals surface area contributed by atoms with Gasteiger partial charge in [0.2, 0.25) is 0 Å². The summed E-state index contributed by atoms with van der Waals surface area (Å²) in [5.41, 5.74) is 3.20. The average molecular weight is 335 g/mol. The molecule has 0 atom stereocenters. The second-order valence-corrected chi connectivity index (χ2v) is 7.75. The highest BCUT2D eigenvalue weighted by molar-refractivity contribution is 7.90. The van der Waals surface area contributed by atoms with Crippen LogP contribution in [0.5, 0.6) is 0 Å². The second-order valence-electron chi connectivity index (χ2n) is 5.87. The summed E-state index contributed by atoms with van der Waals surface area (Å²) in [6, 6.07) is 10.3. The molecule has 0 fully saturated rings. The Morgan fingerprint density at radius 3 is 2.74 bits per heavy atom. The second kappa shape index (κ2) is 6.31. The van der Waals surface area contributed by atoms with Crippen LogP contribution in [-0.4, -0.2) is 48.5 Å². The molecule has 0 saturated heterocycles. The third kappa shape index (κ3) is 3.54. The summed E-state index contributed by atoms with van der Waals surface area (Å²) in [7, 11) is -0.551. The summed E-state index contributed by atoms with van der Waals surface area (Å²) in [6.07, 6.45) is 0.768. The van der Waals surface area contributed by atoms with Gasteiger partial charge in [0.05, 0.1) is 5.69 Å². The Morgan fingerprint density at radius 1 is 1.30 bits per heavy atom. The van der Waals surface area contributed by atoms with Crippen LogP contribution in [0.4, 0.5) is 5.82 Å². The number of anilines is 1. The first kappa shape index (κ1) is 16.0. The van der Waals surface area contributed by atoms with Gasteiger partial charge in [0.15, 0.2) is 5.82 Å². The Hall–Kier alpha value is -1.90. The van der Waals surface area contributed by atoms with Gasteiger partial charge < -0.3 is 0 Å². The Morgan fingerprint density at radius 2 is 2.04 bits per heavy atom. The summed E-state index contributed by atoms with van der Waals surface area (Å²) in [4.78, 5) is 2.32. The zero-order valence-corrected chi connectivity index (χ0v) is 14.1. The number of H-pyrrole nitrogens is 1. The molecule has 2 aromatic rings. The number of nitrogens with zero attached hydrogens (tertiary/aromatic N) is 3. The number of hydrogen-bond donors (Lipinski definition) is 2. The average Bonchev–Trinajstić information content (AvgIpc) is 2.90. The first-order valence-corrected chi connectivity index (χ1v) is 8.92. The van der Waals surface area contributed by atoms with Gasteiger partial charge in [-0.25, -0.2) is 0 Å². The van der Waals surface area contributed by atoms with Crippen molar-refractivity contribution >= 4 is 16.0 Å². The number of benzene rings is 1. The first-order valence-electron chi connectivity index (χ1n) is 7.48. The number of hydrogen-bond acceptors (Lipinski definition) is 4. The zero-order valence-electron chi connectivity index (χ0n) is 13.3. The maximum atomic E-state index is 11.9. The molecule has 0 amide bonds. The van der Waals surface area contributed by atoms with Crippen molar-refractivity contribution in [1.29, 1.82) is 0 Å². The molecule has 1 aromatic carbocycles. The largest absolute Gasteiger partial charge is 0.302 e. The van der Waals surface area contributed by atoms with Gasteiger partial charge in [-0.15, -0.1) is 0 Å². The van der Waals surface area contributed by atoms with Crippen molar-refractivity contribution in [2.45, 2.75) is 19.5 Å². The summed E-state index contributed by atoms with van der Waals surface area (Å²) in [5.74, 6) is 0.410. The molecule has 1 aromatic heterocycles. The highest BCUT2D eigenvalue weighted by atomic mass is 32.2. The molecule has 0 spiro atoms. The summed E-state index contributed by atoms with van der Waals surface area (Å²) < 4.78 is 27.5. The van der Waals surface area contributed by atoms with Crippen molar-refractivity contribution in [3.63, 3.8) is 0 Å². The normalized spacial score (nSPS) is 15.6. The van der Waals surface area contributed by atoms with E-state index in [2.05, 4.69) is 32.0 Å². The van der Waals surface area contributed by atoms with Crippen molar-refractivity contribution < 1.29 is 8.42 Å². The van der Waals surface area contributed by atoms with E-state index in [0.717, 1.165) is 41.6 Å². The molecule has 0 saturated carbocycles. The molecule has 23 heavy (non-hydrogen) atoms. The lowest BCUT2D eigenvalue weighted by atomic mass is 10.1. The lowest BCUT2D eigenvalue weighted by Gasteiger charge is -2.26. The lowest BCUT2D eigenvalue weighted by molar-refractivity contribution is 0.242. The zero-order chi connectivity index (χ0) is 16.4. The Kier molecular flexibility index (Phi) is 4.38. The molecule has 2 N–H and O–H groups in total. The van der Waals surface area contributed by atoms with Crippen LogP contribution < -0.4 is 4.72 Å². The van der Waals surface area contributed by atoms with Crippen molar-refractivity contribution in [1.82, 2.24) is 19.4 Å². The third-order valence-electron chi connectivity index (χ3n) is 3.97. The number of aromatic amines is 1. The molecule has 2 heterocycles. The van der Waals surface area contributed by atoms with Crippen molar-refractivity contribution in [2.75, 3.05) is 25.4 Å². The van der Waals surface area contributed by atoms with Gasteiger partial charge in [-0.2, -0.15) is 17.8 Å². The molecular weight excluding hydrogens is 314 g/mol. The van der Waals surface area contributed by atoms with Crippen LogP contribution in [0.15, 0.2) is 30.3 Å². The van der Waals surface area contributed by atoms with E-state index in [-0.39, 0.29) is 0 Å². The molecule has 8 heteroatoms. The molecule has 0 radical (unpaired) electrons. The molecule has 0 bridgehead atoms. The molecule has 0 aliphatic carbocycles. The van der Waals surface area contributed by atoms with Crippen molar-refractivity contribution in [2.24, 2.45) is 0 Å². The van der Waals surface area contributed by atoms with Gasteiger partial charge in [-0.1, -0.05) is 30.3 Å². The highest BCUT2D eigenvalue weighted by Gasteiger charge is 2.24. The van der Waals surface area contributed by atoms with E-state index in [1.54, 1.807) is 0 Å². The van der Waals surface area contributed by atoms with E-state index in [1.807, 2.05) is 18.2 Å². The maximum absolute atomic E-state index is 11.9. The van der Waals surface area contributed by atoms with E-state index in [9.17, 15) is 8.42 Å². The standard InChI is InChI=1S/C15H21N5O2S/c1-19(2)23(21,22)18-15-13-8-9-20(11-14(13)16-17-15)10-12-6-4-3-5-7-12/h3-7H,8-11H2,1-2H3,(H2,16,17,18). The third-order valence-corrected chi connectivity index (χ3v) is 5.38. The van der Waals surface area contributed by atoms with E-state index in [1.165, 1.54) is 19.7 Å². The van der Waals surface area contributed by atoms with Gasteiger partial charge >= 0.3 is 10.2 Å². The van der Waals surface area contributed by atoms with Crippen molar-refractivity contribution in [3.05, 3.63) is 47.2 Å². The van der Waals surface area contributed by atoms with Crippen LogP contribution in [-0.2, 0) is 29.7 Å². The SMILES string of the molecule is CN(C)S(=O)(=O)Nc1n[nH]c2c1CCN(Cc1ccccc1)C2. The van der Waals surface area contributed by atoms with Gasteiger partial charge in [-0.3, -0.25) is 14.7 Å². The van der Waals surface area contributed by atoms with E-state index in [4.69, 9.17) is 0 Å². The minimum atomic E-state index is -3.53. The van der Waals surface area contributed by atoms with Gasteiger partial charge in [0.25, 0.3) is 0 Å². The molecule has 1 aliphatic rings. The minimum Gasteiger partial charge on any atom is -0.293 e. The van der Waals surface area contributed by atoms with Crippen LogP contribution in [0.25, 0.3) is 0 Å². The Balaban J connectivity index is 1.71. The summed E-state index contributed by atoms with van der Waals surface area (Å²) >= 11 is 0. The molecule has 124 valence electrons. The summed E-state index contributed by atoms with van der Waals surface area (Å²) in [6.45, 7) is 2.48.